The summed E-state index contributed by atoms with van der Waals surface area (Å²) in [7, 11) is 0. The van der Waals surface area contributed by atoms with E-state index in [1.807, 2.05) is 18.2 Å². The highest BCUT2D eigenvalue weighted by molar-refractivity contribution is 6.31. The van der Waals surface area contributed by atoms with Crippen molar-refractivity contribution in [2.24, 2.45) is 0 Å². The van der Waals surface area contributed by atoms with Crippen LogP contribution in [0.1, 0.15) is 22.3 Å². The highest BCUT2D eigenvalue weighted by Gasteiger charge is 2.09. The number of benzene rings is 2. The van der Waals surface area contributed by atoms with Crippen LogP contribution in [0.15, 0.2) is 42.5 Å². The molecule has 1 nitrogen and oxygen atoms in total. The summed E-state index contributed by atoms with van der Waals surface area (Å²) < 4.78 is 13.2. The molecule has 98 valence electrons. The zero-order valence-electron chi connectivity index (χ0n) is 10.00. The van der Waals surface area contributed by atoms with Gasteiger partial charge in [-0.15, -0.1) is 0 Å². The van der Waals surface area contributed by atoms with E-state index in [9.17, 15) is 9.18 Å². The van der Waals surface area contributed by atoms with Gasteiger partial charge in [-0.2, -0.15) is 0 Å². The van der Waals surface area contributed by atoms with Crippen LogP contribution in [-0.4, -0.2) is 5.78 Å². The van der Waals surface area contributed by atoms with Gasteiger partial charge in [0.1, 0.15) is 5.82 Å². The molecule has 0 fully saturated rings. The van der Waals surface area contributed by atoms with Crippen molar-refractivity contribution in [3.63, 3.8) is 0 Å². The SMILES string of the molecule is O=C(CCc1cccc(Cl)c1)c1cc(F)cc(Cl)c1. The van der Waals surface area contributed by atoms with Crippen molar-refractivity contribution in [2.45, 2.75) is 12.8 Å². The van der Waals surface area contributed by atoms with Crippen LogP contribution in [0.25, 0.3) is 0 Å². The van der Waals surface area contributed by atoms with Crippen molar-refractivity contribution in [1.29, 1.82) is 0 Å². The highest BCUT2D eigenvalue weighted by Crippen LogP contribution is 2.17. The molecule has 2 rings (SSSR count). The Labute approximate surface area is 121 Å². The molecule has 19 heavy (non-hydrogen) atoms. The lowest BCUT2D eigenvalue weighted by Gasteiger charge is -2.03. The van der Waals surface area contributed by atoms with Crippen molar-refractivity contribution in [2.75, 3.05) is 0 Å². The number of Topliss-reactive ketones (excluding diaryl/α,β-unsaturated/α-hetero) is 1. The molecule has 2 aromatic carbocycles. The van der Waals surface area contributed by atoms with Crippen LogP contribution in [0.3, 0.4) is 0 Å². The number of aryl methyl sites for hydroxylation is 1. The van der Waals surface area contributed by atoms with E-state index < -0.39 is 5.82 Å². The van der Waals surface area contributed by atoms with Crippen LogP contribution >= 0.6 is 23.2 Å². The molecule has 2 aromatic rings. The number of hydrogen-bond acceptors (Lipinski definition) is 1. The summed E-state index contributed by atoms with van der Waals surface area (Å²) in [6, 6.07) is 11.2. The van der Waals surface area contributed by atoms with E-state index in [2.05, 4.69) is 0 Å². The Hall–Kier alpha value is -1.38. The molecule has 0 spiro atoms. The third kappa shape index (κ3) is 4.05. The Morgan fingerprint density at radius 3 is 2.53 bits per heavy atom. The standard InChI is InChI=1S/C15H11Cl2FO/c16-12-3-1-2-10(6-12)4-5-15(19)11-7-13(17)9-14(18)8-11/h1-3,6-9H,4-5H2. The summed E-state index contributed by atoms with van der Waals surface area (Å²) in [5, 5.41) is 0.866. The van der Waals surface area contributed by atoms with E-state index in [0.717, 1.165) is 5.56 Å². The van der Waals surface area contributed by atoms with Gasteiger partial charge in [0.15, 0.2) is 5.78 Å². The van der Waals surface area contributed by atoms with Crippen molar-refractivity contribution in [3.05, 3.63) is 69.5 Å². The number of carbonyl (C=O) groups is 1. The molecular formula is C15H11Cl2FO. The molecule has 0 radical (unpaired) electrons. The summed E-state index contributed by atoms with van der Waals surface area (Å²) in [6.07, 6.45) is 0.855. The number of halogens is 3. The van der Waals surface area contributed by atoms with Gasteiger partial charge in [-0.25, -0.2) is 4.39 Å². The summed E-state index contributed by atoms with van der Waals surface area (Å²) in [5.41, 5.74) is 1.27. The van der Waals surface area contributed by atoms with Gasteiger partial charge >= 0.3 is 0 Å². The monoisotopic (exact) mass is 296 g/mol. The molecule has 0 amide bonds. The Morgan fingerprint density at radius 2 is 1.84 bits per heavy atom. The number of rotatable bonds is 4. The highest BCUT2D eigenvalue weighted by atomic mass is 35.5. The van der Waals surface area contributed by atoms with E-state index >= 15 is 0 Å². The fourth-order valence-corrected chi connectivity index (χ4v) is 2.24. The average molecular weight is 297 g/mol. The molecule has 0 aromatic heterocycles. The largest absolute Gasteiger partial charge is 0.294 e. The topological polar surface area (TPSA) is 17.1 Å². The minimum atomic E-state index is -0.501. The maximum atomic E-state index is 13.2. The van der Waals surface area contributed by atoms with Crippen molar-refractivity contribution < 1.29 is 9.18 Å². The van der Waals surface area contributed by atoms with E-state index in [4.69, 9.17) is 23.2 Å². The number of ketones is 1. The first-order chi connectivity index (χ1) is 9.04. The summed E-state index contributed by atoms with van der Waals surface area (Å²) in [5.74, 6) is -0.639. The molecule has 0 aliphatic rings. The maximum absolute atomic E-state index is 13.2. The van der Waals surface area contributed by atoms with Crippen molar-refractivity contribution >= 4 is 29.0 Å². The first kappa shape index (κ1) is 14.0. The second-order valence-corrected chi connectivity index (χ2v) is 5.08. The third-order valence-electron chi connectivity index (χ3n) is 2.71. The van der Waals surface area contributed by atoms with Crippen LogP contribution in [0.5, 0.6) is 0 Å². The Bertz CT molecular complexity index is 591. The first-order valence-electron chi connectivity index (χ1n) is 5.78. The molecule has 4 heteroatoms. The second kappa shape index (κ2) is 6.18. The zero-order chi connectivity index (χ0) is 13.8. The van der Waals surface area contributed by atoms with Gasteiger partial charge in [0.2, 0.25) is 0 Å². The first-order valence-corrected chi connectivity index (χ1v) is 6.54. The van der Waals surface area contributed by atoms with Crippen LogP contribution in [0, 0.1) is 5.82 Å². The zero-order valence-corrected chi connectivity index (χ0v) is 11.5. The van der Waals surface area contributed by atoms with Crippen LogP contribution < -0.4 is 0 Å². The van der Waals surface area contributed by atoms with Crippen molar-refractivity contribution in [3.8, 4) is 0 Å². The lowest BCUT2D eigenvalue weighted by Crippen LogP contribution is -2.02. The smallest absolute Gasteiger partial charge is 0.163 e. The number of hydrogen-bond donors (Lipinski definition) is 0. The Kier molecular flexibility index (Phi) is 4.56. The van der Waals surface area contributed by atoms with Gasteiger partial charge in [0.25, 0.3) is 0 Å². The van der Waals surface area contributed by atoms with Crippen LogP contribution in [-0.2, 0) is 6.42 Å². The minimum absolute atomic E-state index is 0.138. The minimum Gasteiger partial charge on any atom is -0.294 e. The van der Waals surface area contributed by atoms with Gasteiger partial charge in [-0.05, 0) is 42.3 Å². The maximum Gasteiger partial charge on any atom is 0.163 e. The second-order valence-electron chi connectivity index (χ2n) is 4.21. The predicted octanol–water partition coefficient (Wildman–Crippen LogP) is 4.95. The average Bonchev–Trinajstić information content (AvgIpc) is 2.35. The molecule has 0 bridgehead atoms. The fraction of sp³-hybridized carbons (Fsp3) is 0.133. The quantitative estimate of drug-likeness (QED) is 0.730. The number of carbonyl (C=O) groups excluding carboxylic acids is 1. The molecule has 0 aliphatic heterocycles. The van der Waals surface area contributed by atoms with Gasteiger partial charge in [-0.1, -0.05) is 35.3 Å². The summed E-state index contributed by atoms with van der Waals surface area (Å²) in [6.45, 7) is 0. The fourth-order valence-electron chi connectivity index (χ4n) is 1.81. The van der Waals surface area contributed by atoms with Gasteiger partial charge in [0.05, 0.1) is 0 Å². The molecule has 0 N–H and O–H groups in total. The van der Waals surface area contributed by atoms with Gasteiger partial charge < -0.3 is 0 Å². The molecule has 0 saturated carbocycles. The normalized spacial score (nSPS) is 10.5. The van der Waals surface area contributed by atoms with E-state index in [1.54, 1.807) is 6.07 Å². The molecule has 0 atom stereocenters. The Morgan fingerprint density at radius 1 is 1.05 bits per heavy atom. The molecule has 0 heterocycles. The van der Waals surface area contributed by atoms with Crippen LogP contribution in [0.2, 0.25) is 10.0 Å². The molecule has 0 aliphatic carbocycles. The van der Waals surface area contributed by atoms with Crippen LogP contribution in [0.4, 0.5) is 4.39 Å². The van der Waals surface area contributed by atoms with Gasteiger partial charge in [-0.3, -0.25) is 4.79 Å². The van der Waals surface area contributed by atoms with E-state index in [0.29, 0.717) is 23.4 Å². The molecule has 0 saturated heterocycles. The Balaban J connectivity index is 2.05. The summed E-state index contributed by atoms with van der Waals surface area (Å²) in [4.78, 5) is 11.9. The van der Waals surface area contributed by atoms with Gasteiger partial charge in [0, 0.05) is 22.0 Å². The third-order valence-corrected chi connectivity index (χ3v) is 3.17. The van der Waals surface area contributed by atoms with Crippen molar-refractivity contribution in [1.82, 2.24) is 0 Å². The summed E-state index contributed by atoms with van der Waals surface area (Å²) >= 11 is 11.6. The van der Waals surface area contributed by atoms with E-state index in [1.165, 1.54) is 18.2 Å². The molecule has 0 unspecified atom stereocenters. The lowest BCUT2D eigenvalue weighted by molar-refractivity contribution is 0.0982. The lowest BCUT2D eigenvalue weighted by atomic mass is 10.0. The predicted molar refractivity (Wildman–Crippen MR) is 75.5 cm³/mol. The van der Waals surface area contributed by atoms with E-state index in [-0.39, 0.29) is 10.8 Å². The molecular weight excluding hydrogens is 286 g/mol.